The van der Waals surface area contributed by atoms with Gasteiger partial charge in [-0.3, -0.25) is 9.69 Å². The number of para-hydroxylation sites is 1. The predicted molar refractivity (Wildman–Crippen MR) is 115 cm³/mol. The first-order chi connectivity index (χ1) is 13.8. The summed E-state index contributed by atoms with van der Waals surface area (Å²) < 4.78 is 0. The molecule has 0 spiro atoms. The molecular formula is C25H24N2O. The second-order valence-electron chi connectivity index (χ2n) is 7.16. The van der Waals surface area contributed by atoms with E-state index < -0.39 is 0 Å². The Hall–Kier alpha value is -3.17. The molecule has 0 bridgehead atoms. The van der Waals surface area contributed by atoms with Crippen molar-refractivity contribution in [2.45, 2.75) is 19.5 Å². The van der Waals surface area contributed by atoms with E-state index in [0.29, 0.717) is 0 Å². The van der Waals surface area contributed by atoms with E-state index in [2.05, 4.69) is 58.7 Å². The van der Waals surface area contributed by atoms with Crippen LogP contribution < -0.4 is 5.32 Å². The molecule has 1 aliphatic heterocycles. The average molecular weight is 368 g/mol. The average Bonchev–Trinajstić information content (AvgIpc) is 2.73. The number of nitrogens with zero attached hydrogens (tertiary/aromatic N) is 1. The summed E-state index contributed by atoms with van der Waals surface area (Å²) in [7, 11) is 0. The number of carbonyl (C=O) groups excluding carboxylic acids is 1. The molecule has 0 unspecified atom stereocenters. The zero-order valence-corrected chi connectivity index (χ0v) is 15.8. The van der Waals surface area contributed by atoms with E-state index in [0.717, 1.165) is 37.3 Å². The maximum absolute atomic E-state index is 12.1. The third kappa shape index (κ3) is 4.76. The first-order valence-corrected chi connectivity index (χ1v) is 9.68. The summed E-state index contributed by atoms with van der Waals surface area (Å²) in [6, 6.07) is 26.6. The highest BCUT2D eigenvalue weighted by molar-refractivity contribution is 6.01. The Morgan fingerprint density at radius 3 is 2.46 bits per heavy atom. The van der Waals surface area contributed by atoms with Crippen molar-refractivity contribution in [3.63, 3.8) is 0 Å². The van der Waals surface area contributed by atoms with Crippen molar-refractivity contribution in [3.8, 4) is 0 Å². The van der Waals surface area contributed by atoms with Crippen LogP contribution in [-0.2, 0) is 24.3 Å². The molecule has 3 aromatic carbocycles. The normalized spacial score (nSPS) is 14.0. The topological polar surface area (TPSA) is 32.3 Å². The zero-order chi connectivity index (χ0) is 19.2. The van der Waals surface area contributed by atoms with Gasteiger partial charge >= 0.3 is 0 Å². The molecular weight excluding hydrogens is 344 g/mol. The summed E-state index contributed by atoms with van der Waals surface area (Å²) in [5.41, 5.74) is 5.98. The molecule has 0 fully saturated rings. The Bertz CT molecular complexity index is 964. The van der Waals surface area contributed by atoms with E-state index >= 15 is 0 Å². The summed E-state index contributed by atoms with van der Waals surface area (Å²) in [6.07, 6.45) is 4.55. The van der Waals surface area contributed by atoms with Gasteiger partial charge in [0, 0.05) is 31.4 Å². The first kappa shape index (κ1) is 18.2. The lowest BCUT2D eigenvalue weighted by molar-refractivity contribution is -0.111. The smallest absolute Gasteiger partial charge is 0.248 e. The van der Waals surface area contributed by atoms with Crippen molar-refractivity contribution in [1.29, 1.82) is 0 Å². The Balaban J connectivity index is 1.40. The van der Waals surface area contributed by atoms with Crippen LogP contribution in [0, 0.1) is 0 Å². The highest BCUT2D eigenvalue weighted by Crippen LogP contribution is 2.22. The number of fused-ring (bicyclic) bond motifs is 1. The second kappa shape index (κ2) is 8.68. The Kier molecular flexibility index (Phi) is 5.64. The van der Waals surface area contributed by atoms with Gasteiger partial charge < -0.3 is 5.32 Å². The Morgan fingerprint density at radius 1 is 0.929 bits per heavy atom. The summed E-state index contributed by atoms with van der Waals surface area (Å²) in [6.45, 7) is 3.00. The Morgan fingerprint density at radius 2 is 1.68 bits per heavy atom. The molecule has 1 aliphatic rings. The number of rotatable bonds is 5. The molecule has 3 aromatic rings. The monoisotopic (exact) mass is 368 g/mol. The van der Waals surface area contributed by atoms with E-state index in [9.17, 15) is 4.79 Å². The van der Waals surface area contributed by atoms with Crippen molar-refractivity contribution in [3.05, 3.63) is 107 Å². The molecule has 0 radical (unpaired) electrons. The van der Waals surface area contributed by atoms with Gasteiger partial charge in [-0.15, -0.1) is 0 Å². The molecule has 1 N–H and O–H groups in total. The van der Waals surface area contributed by atoms with Gasteiger partial charge in [0.1, 0.15) is 0 Å². The quantitative estimate of drug-likeness (QED) is 0.650. The van der Waals surface area contributed by atoms with E-state index in [4.69, 9.17) is 0 Å². The number of hydrogen-bond donors (Lipinski definition) is 1. The van der Waals surface area contributed by atoms with E-state index in [-0.39, 0.29) is 5.91 Å². The van der Waals surface area contributed by atoms with Crippen molar-refractivity contribution in [2.75, 3.05) is 11.9 Å². The van der Waals surface area contributed by atoms with Gasteiger partial charge in [-0.05, 0) is 46.9 Å². The fraction of sp³-hybridized carbons (Fsp3) is 0.160. The standard InChI is InChI=1S/C25H24N2O/c28-25(26-24-9-5-2-6-10-24)14-12-20-11-13-22-15-16-27(19-23(22)17-20)18-21-7-3-1-4-8-21/h1-14,17H,15-16,18-19H2,(H,26,28). The molecule has 1 amide bonds. The molecule has 0 atom stereocenters. The third-order valence-electron chi connectivity index (χ3n) is 5.04. The van der Waals surface area contributed by atoms with Gasteiger partial charge in [0.05, 0.1) is 0 Å². The van der Waals surface area contributed by atoms with Crippen molar-refractivity contribution in [1.82, 2.24) is 4.90 Å². The molecule has 28 heavy (non-hydrogen) atoms. The van der Waals surface area contributed by atoms with Gasteiger partial charge in [-0.1, -0.05) is 66.7 Å². The Labute approximate surface area is 166 Å². The highest BCUT2D eigenvalue weighted by Gasteiger charge is 2.16. The van der Waals surface area contributed by atoms with Crippen LogP contribution in [-0.4, -0.2) is 17.4 Å². The molecule has 4 rings (SSSR count). The minimum absolute atomic E-state index is 0.116. The van der Waals surface area contributed by atoms with Gasteiger partial charge in [0.15, 0.2) is 0 Å². The van der Waals surface area contributed by atoms with Crippen LogP contribution in [0.5, 0.6) is 0 Å². The molecule has 0 saturated carbocycles. The molecule has 0 saturated heterocycles. The minimum atomic E-state index is -0.116. The van der Waals surface area contributed by atoms with Crippen LogP contribution in [0.15, 0.2) is 84.9 Å². The van der Waals surface area contributed by atoms with Crippen molar-refractivity contribution >= 4 is 17.7 Å². The fourth-order valence-electron chi connectivity index (χ4n) is 3.59. The summed E-state index contributed by atoms with van der Waals surface area (Å²) in [5, 5.41) is 2.87. The number of nitrogens with one attached hydrogen (secondary N) is 1. The SMILES string of the molecule is O=C(C=Cc1ccc2c(c1)CN(Cc1ccccc1)CC2)Nc1ccccc1. The van der Waals surface area contributed by atoms with E-state index in [1.54, 1.807) is 6.08 Å². The summed E-state index contributed by atoms with van der Waals surface area (Å²) in [4.78, 5) is 14.6. The van der Waals surface area contributed by atoms with Gasteiger partial charge in [-0.25, -0.2) is 0 Å². The zero-order valence-electron chi connectivity index (χ0n) is 15.8. The molecule has 3 heteroatoms. The van der Waals surface area contributed by atoms with Crippen LogP contribution in [0.1, 0.15) is 22.3 Å². The maximum atomic E-state index is 12.1. The largest absolute Gasteiger partial charge is 0.323 e. The van der Waals surface area contributed by atoms with Crippen LogP contribution in [0.25, 0.3) is 6.08 Å². The second-order valence-corrected chi connectivity index (χ2v) is 7.16. The minimum Gasteiger partial charge on any atom is -0.323 e. The molecule has 1 heterocycles. The van der Waals surface area contributed by atoms with Crippen LogP contribution in [0.3, 0.4) is 0 Å². The maximum Gasteiger partial charge on any atom is 0.248 e. The number of hydrogen-bond acceptors (Lipinski definition) is 2. The number of amides is 1. The molecule has 0 aromatic heterocycles. The van der Waals surface area contributed by atoms with Gasteiger partial charge in [-0.2, -0.15) is 0 Å². The summed E-state index contributed by atoms with van der Waals surface area (Å²) >= 11 is 0. The van der Waals surface area contributed by atoms with Gasteiger partial charge in [0.2, 0.25) is 5.91 Å². The number of benzene rings is 3. The third-order valence-corrected chi connectivity index (χ3v) is 5.04. The first-order valence-electron chi connectivity index (χ1n) is 9.68. The van der Waals surface area contributed by atoms with E-state index in [1.807, 2.05) is 36.4 Å². The van der Waals surface area contributed by atoms with Crippen molar-refractivity contribution in [2.24, 2.45) is 0 Å². The lowest BCUT2D eigenvalue weighted by Gasteiger charge is -2.29. The van der Waals surface area contributed by atoms with Crippen molar-refractivity contribution < 1.29 is 4.79 Å². The summed E-state index contributed by atoms with van der Waals surface area (Å²) in [5.74, 6) is -0.116. The lowest BCUT2D eigenvalue weighted by Crippen LogP contribution is -2.30. The predicted octanol–water partition coefficient (Wildman–Crippen LogP) is 4.90. The fourth-order valence-corrected chi connectivity index (χ4v) is 3.59. The highest BCUT2D eigenvalue weighted by atomic mass is 16.1. The van der Waals surface area contributed by atoms with Crippen LogP contribution in [0.2, 0.25) is 0 Å². The number of carbonyl (C=O) groups is 1. The van der Waals surface area contributed by atoms with Crippen LogP contribution >= 0.6 is 0 Å². The molecule has 0 aliphatic carbocycles. The van der Waals surface area contributed by atoms with Crippen LogP contribution in [0.4, 0.5) is 5.69 Å². The van der Waals surface area contributed by atoms with E-state index in [1.165, 1.54) is 16.7 Å². The van der Waals surface area contributed by atoms with Gasteiger partial charge in [0.25, 0.3) is 0 Å². The molecule has 140 valence electrons. The lowest BCUT2D eigenvalue weighted by atomic mass is 9.97. The molecule has 3 nitrogen and oxygen atoms in total. The number of anilines is 1.